The maximum Gasteiger partial charge on any atom is 0.0459 e. The third-order valence-electron chi connectivity index (χ3n) is 1.95. The van der Waals surface area contributed by atoms with Crippen molar-refractivity contribution >= 4 is 12.4 Å². The number of hydrogen-bond donors (Lipinski definition) is 2. The number of halogens is 1. The minimum atomic E-state index is 0. The van der Waals surface area contributed by atoms with Crippen LogP contribution in [0.15, 0.2) is 0 Å². The molecule has 1 fully saturated rings. The Morgan fingerprint density at radius 2 is 2.10 bits per heavy atom. The zero-order valence-electron chi connectivity index (χ0n) is 6.18. The van der Waals surface area contributed by atoms with E-state index in [0.29, 0.717) is 12.5 Å². The lowest BCUT2D eigenvalue weighted by atomic mass is 10.0. The first-order valence-corrected chi connectivity index (χ1v) is 3.75. The smallest absolute Gasteiger partial charge is 0.0459 e. The third kappa shape index (κ3) is 3.40. The lowest BCUT2D eigenvalue weighted by Crippen LogP contribution is -2.14. The standard InChI is InChI=1S/C7H15NO.ClH/c9-6-7-2-1-4-8-5-3-7;/h7-9H,1-6H2;1H. The maximum absolute atomic E-state index is 8.79. The van der Waals surface area contributed by atoms with Gasteiger partial charge in [-0.05, 0) is 38.3 Å². The molecule has 0 radical (unpaired) electrons. The summed E-state index contributed by atoms with van der Waals surface area (Å²) in [5.74, 6) is 0.569. The van der Waals surface area contributed by atoms with E-state index in [1.807, 2.05) is 0 Å². The summed E-state index contributed by atoms with van der Waals surface area (Å²) >= 11 is 0. The van der Waals surface area contributed by atoms with E-state index in [2.05, 4.69) is 5.32 Å². The van der Waals surface area contributed by atoms with Crippen molar-refractivity contribution in [3.05, 3.63) is 0 Å². The molecule has 1 heterocycles. The molecule has 0 aromatic heterocycles. The molecule has 1 atom stereocenters. The maximum atomic E-state index is 8.79. The molecule has 0 aromatic rings. The Morgan fingerprint density at radius 1 is 1.30 bits per heavy atom. The largest absolute Gasteiger partial charge is 0.396 e. The van der Waals surface area contributed by atoms with Crippen LogP contribution in [0.4, 0.5) is 0 Å². The highest BCUT2D eigenvalue weighted by atomic mass is 35.5. The van der Waals surface area contributed by atoms with E-state index in [4.69, 9.17) is 5.11 Å². The quantitative estimate of drug-likeness (QED) is 0.602. The topological polar surface area (TPSA) is 32.3 Å². The van der Waals surface area contributed by atoms with Crippen molar-refractivity contribution < 1.29 is 5.11 Å². The van der Waals surface area contributed by atoms with Gasteiger partial charge in [0.2, 0.25) is 0 Å². The lowest BCUT2D eigenvalue weighted by molar-refractivity contribution is 0.215. The molecule has 3 heteroatoms. The monoisotopic (exact) mass is 165 g/mol. The van der Waals surface area contributed by atoms with Crippen LogP contribution in [0.3, 0.4) is 0 Å². The molecule has 1 aliphatic heterocycles. The van der Waals surface area contributed by atoms with Gasteiger partial charge in [0.05, 0.1) is 0 Å². The van der Waals surface area contributed by atoms with Crippen molar-refractivity contribution in [3.8, 4) is 0 Å². The number of hydrogen-bond acceptors (Lipinski definition) is 2. The number of aliphatic hydroxyl groups is 1. The van der Waals surface area contributed by atoms with E-state index in [-0.39, 0.29) is 12.4 Å². The van der Waals surface area contributed by atoms with Gasteiger partial charge in [-0.3, -0.25) is 0 Å². The number of aliphatic hydroxyl groups excluding tert-OH is 1. The van der Waals surface area contributed by atoms with Crippen LogP contribution in [0, 0.1) is 5.92 Å². The van der Waals surface area contributed by atoms with Crippen LogP contribution in [-0.2, 0) is 0 Å². The van der Waals surface area contributed by atoms with Gasteiger partial charge in [-0.25, -0.2) is 0 Å². The van der Waals surface area contributed by atoms with Gasteiger partial charge >= 0.3 is 0 Å². The number of rotatable bonds is 1. The van der Waals surface area contributed by atoms with Crippen molar-refractivity contribution in [2.75, 3.05) is 19.7 Å². The Balaban J connectivity index is 0.000000810. The highest BCUT2D eigenvalue weighted by Gasteiger charge is 2.09. The SMILES string of the molecule is Cl.OCC1CCCNCC1. The lowest BCUT2D eigenvalue weighted by Gasteiger charge is -2.07. The highest BCUT2D eigenvalue weighted by molar-refractivity contribution is 5.85. The van der Waals surface area contributed by atoms with Crippen LogP contribution in [0.1, 0.15) is 19.3 Å². The van der Waals surface area contributed by atoms with Crippen molar-refractivity contribution in [2.45, 2.75) is 19.3 Å². The second-order valence-electron chi connectivity index (χ2n) is 2.73. The normalized spacial score (nSPS) is 26.7. The van der Waals surface area contributed by atoms with Gasteiger partial charge in [0.1, 0.15) is 0 Å². The summed E-state index contributed by atoms with van der Waals surface area (Å²) in [7, 11) is 0. The first-order chi connectivity index (χ1) is 4.43. The Morgan fingerprint density at radius 3 is 2.80 bits per heavy atom. The Hall–Kier alpha value is 0.210. The van der Waals surface area contributed by atoms with Gasteiger partial charge < -0.3 is 10.4 Å². The molecular weight excluding hydrogens is 150 g/mol. The molecule has 2 N–H and O–H groups in total. The Kier molecular flexibility index (Phi) is 6.08. The second kappa shape index (κ2) is 5.96. The van der Waals surface area contributed by atoms with E-state index in [1.54, 1.807) is 0 Å². The van der Waals surface area contributed by atoms with E-state index in [0.717, 1.165) is 19.5 Å². The zero-order chi connectivity index (χ0) is 6.53. The van der Waals surface area contributed by atoms with Crippen LogP contribution in [0.25, 0.3) is 0 Å². The van der Waals surface area contributed by atoms with Gasteiger partial charge in [-0.2, -0.15) is 0 Å². The Bertz CT molecular complexity index is 72.0. The van der Waals surface area contributed by atoms with E-state index in [9.17, 15) is 0 Å². The molecule has 1 saturated heterocycles. The predicted octanol–water partition coefficient (Wildman–Crippen LogP) is 0.790. The first-order valence-electron chi connectivity index (χ1n) is 3.75. The molecule has 10 heavy (non-hydrogen) atoms. The minimum absolute atomic E-state index is 0. The van der Waals surface area contributed by atoms with Gasteiger partial charge in [-0.1, -0.05) is 0 Å². The molecule has 0 aromatic carbocycles. The fourth-order valence-electron chi connectivity index (χ4n) is 1.27. The molecule has 0 amide bonds. The highest BCUT2D eigenvalue weighted by Crippen LogP contribution is 2.11. The summed E-state index contributed by atoms with van der Waals surface area (Å²) in [5.41, 5.74) is 0. The summed E-state index contributed by atoms with van der Waals surface area (Å²) in [6, 6.07) is 0. The summed E-state index contributed by atoms with van der Waals surface area (Å²) in [6.45, 7) is 2.60. The molecule has 1 aliphatic rings. The van der Waals surface area contributed by atoms with Crippen molar-refractivity contribution in [1.82, 2.24) is 5.32 Å². The fraction of sp³-hybridized carbons (Fsp3) is 1.00. The van der Waals surface area contributed by atoms with Gasteiger partial charge in [0, 0.05) is 6.61 Å². The van der Waals surface area contributed by atoms with Gasteiger partial charge in [0.15, 0.2) is 0 Å². The average Bonchev–Trinajstić information content (AvgIpc) is 2.13. The summed E-state index contributed by atoms with van der Waals surface area (Å²) in [6.07, 6.45) is 3.57. The zero-order valence-corrected chi connectivity index (χ0v) is 6.99. The average molecular weight is 166 g/mol. The summed E-state index contributed by atoms with van der Waals surface area (Å²) in [4.78, 5) is 0. The Labute approximate surface area is 68.4 Å². The van der Waals surface area contributed by atoms with Gasteiger partial charge in [0.25, 0.3) is 0 Å². The molecule has 0 aliphatic carbocycles. The van der Waals surface area contributed by atoms with Crippen molar-refractivity contribution in [2.24, 2.45) is 5.92 Å². The van der Waals surface area contributed by atoms with Crippen LogP contribution in [0.5, 0.6) is 0 Å². The molecule has 1 unspecified atom stereocenters. The number of nitrogens with one attached hydrogen (secondary N) is 1. The predicted molar refractivity (Wildman–Crippen MR) is 44.5 cm³/mol. The molecule has 0 spiro atoms. The molecule has 0 saturated carbocycles. The van der Waals surface area contributed by atoms with Crippen molar-refractivity contribution in [1.29, 1.82) is 0 Å². The first kappa shape index (κ1) is 10.2. The van der Waals surface area contributed by atoms with E-state index < -0.39 is 0 Å². The molecule has 2 nitrogen and oxygen atoms in total. The van der Waals surface area contributed by atoms with E-state index >= 15 is 0 Å². The van der Waals surface area contributed by atoms with Crippen LogP contribution < -0.4 is 5.32 Å². The van der Waals surface area contributed by atoms with Crippen LogP contribution >= 0.6 is 12.4 Å². The third-order valence-corrected chi connectivity index (χ3v) is 1.95. The van der Waals surface area contributed by atoms with Crippen LogP contribution in [-0.4, -0.2) is 24.8 Å². The fourth-order valence-corrected chi connectivity index (χ4v) is 1.27. The van der Waals surface area contributed by atoms with Crippen molar-refractivity contribution in [3.63, 3.8) is 0 Å². The molecule has 0 bridgehead atoms. The molecule has 1 rings (SSSR count). The van der Waals surface area contributed by atoms with Crippen LogP contribution in [0.2, 0.25) is 0 Å². The molecular formula is C7H16ClNO. The molecule has 62 valence electrons. The summed E-state index contributed by atoms with van der Waals surface area (Å²) in [5, 5.41) is 12.1. The minimum Gasteiger partial charge on any atom is -0.396 e. The summed E-state index contributed by atoms with van der Waals surface area (Å²) < 4.78 is 0. The van der Waals surface area contributed by atoms with E-state index in [1.165, 1.54) is 12.8 Å². The van der Waals surface area contributed by atoms with Gasteiger partial charge in [-0.15, -0.1) is 12.4 Å². The second-order valence-corrected chi connectivity index (χ2v) is 2.73.